The van der Waals surface area contributed by atoms with Gasteiger partial charge in [0.1, 0.15) is 10.6 Å². The van der Waals surface area contributed by atoms with Gasteiger partial charge in [0.05, 0.1) is 12.1 Å². The maximum absolute atomic E-state index is 12.7. The lowest BCUT2D eigenvalue weighted by molar-refractivity contribution is -0.120. The summed E-state index contributed by atoms with van der Waals surface area (Å²) in [6, 6.07) is 4.13. The minimum Gasteiger partial charge on any atom is -0.482 e. The molecule has 26 heavy (non-hydrogen) atoms. The fourth-order valence-electron chi connectivity index (χ4n) is 2.74. The van der Waals surface area contributed by atoms with Crippen molar-refractivity contribution < 1.29 is 22.7 Å². The molecule has 0 spiro atoms. The van der Waals surface area contributed by atoms with Crippen molar-refractivity contribution in [2.75, 3.05) is 33.4 Å². The molecular weight excluding hydrogens is 405 g/mol. The molecule has 1 aromatic rings. The van der Waals surface area contributed by atoms with E-state index in [2.05, 4.69) is 10.0 Å². The minimum absolute atomic E-state index is 0. The van der Waals surface area contributed by atoms with E-state index in [1.807, 2.05) is 0 Å². The summed E-state index contributed by atoms with van der Waals surface area (Å²) < 4.78 is 38.4. The van der Waals surface area contributed by atoms with E-state index in [9.17, 15) is 13.2 Å². The van der Waals surface area contributed by atoms with Crippen LogP contribution in [0.4, 0.5) is 0 Å². The number of nitrogens with one attached hydrogen (secondary N) is 2. The molecule has 0 saturated carbocycles. The van der Waals surface area contributed by atoms with Crippen LogP contribution in [0.3, 0.4) is 0 Å². The Kier molecular flexibility index (Phi) is 8.58. The quantitative estimate of drug-likeness (QED) is 0.532. The Morgan fingerprint density at radius 2 is 2.19 bits per heavy atom. The van der Waals surface area contributed by atoms with Crippen molar-refractivity contribution in [2.24, 2.45) is 5.73 Å². The van der Waals surface area contributed by atoms with Crippen LogP contribution in [-0.4, -0.2) is 53.3 Å². The van der Waals surface area contributed by atoms with Crippen LogP contribution in [0.1, 0.15) is 12.8 Å². The Morgan fingerprint density at radius 3 is 2.77 bits per heavy atom. The van der Waals surface area contributed by atoms with Gasteiger partial charge in [0.15, 0.2) is 6.61 Å². The Bertz CT molecular complexity index is 724. The zero-order valence-electron chi connectivity index (χ0n) is 14.3. The number of carbonyl (C=O) groups excluding carboxylic acids is 1. The Labute approximate surface area is 164 Å². The number of rotatable bonds is 9. The van der Waals surface area contributed by atoms with Crippen LogP contribution < -0.4 is 20.5 Å². The van der Waals surface area contributed by atoms with Gasteiger partial charge in [0.25, 0.3) is 5.91 Å². The van der Waals surface area contributed by atoms with E-state index in [-0.39, 0.29) is 34.6 Å². The predicted molar refractivity (Wildman–Crippen MR) is 100 cm³/mol. The molecular formula is C15H23Cl2N3O5S. The van der Waals surface area contributed by atoms with Crippen LogP contribution in [0.5, 0.6) is 5.75 Å². The summed E-state index contributed by atoms with van der Waals surface area (Å²) in [6.07, 6.45) is 1.74. The molecule has 0 aliphatic carbocycles. The number of sulfonamides is 1. The van der Waals surface area contributed by atoms with E-state index in [0.717, 1.165) is 19.4 Å². The first-order valence-electron chi connectivity index (χ1n) is 7.72. The van der Waals surface area contributed by atoms with Gasteiger partial charge in [-0.15, -0.1) is 12.4 Å². The molecule has 2 rings (SSSR count). The normalized spacial score (nSPS) is 19.8. The third-order valence-electron chi connectivity index (χ3n) is 3.92. The van der Waals surface area contributed by atoms with E-state index >= 15 is 0 Å². The second kappa shape index (κ2) is 9.72. The molecule has 0 bridgehead atoms. The summed E-state index contributed by atoms with van der Waals surface area (Å²) >= 11 is 5.92. The van der Waals surface area contributed by atoms with Gasteiger partial charge in [0.2, 0.25) is 10.0 Å². The van der Waals surface area contributed by atoms with Crippen molar-refractivity contribution in [2.45, 2.75) is 23.3 Å². The molecule has 11 heteroatoms. The first kappa shape index (κ1) is 22.9. The second-order valence-corrected chi connectivity index (χ2v) is 8.09. The van der Waals surface area contributed by atoms with Gasteiger partial charge < -0.3 is 20.5 Å². The third-order valence-corrected chi connectivity index (χ3v) is 5.58. The molecule has 1 saturated heterocycles. The summed E-state index contributed by atoms with van der Waals surface area (Å²) in [5.41, 5.74) is 4.59. The fraction of sp³-hybridized carbons (Fsp3) is 0.533. The first-order valence-corrected chi connectivity index (χ1v) is 9.58. The molecule has 0 aromatic heterocycles. The summed E-state index contributed by atoms with van der Waals surface area (Å²) in [6.45, 7) is 0.912. The Hall–Kier alpha value is -1.10. The summed E-state index contributed by atoms with van der Waals surface area (Å²) in [5, 5.41) is 3.52. The highest BCUT2D eigenvalue weighted by atomic mass is 35.5. The van der Waals surface area contributed by atoms with Crippen LogP contribution in [0, 0.1) is 0 Å². The summed E-state index contributed by atoms with van der Waals surface area (Å²) in [4.78, 5) is 10.8. The highest BCUT2D eigenvalue weighted by molar-refractivity contribution is 7.89. The Morgan fingerprint density at radius 1 is 1.46 bits per heavy atom. The summed E-state index contributed by atoms with van der Waals surface area (Å²) in [5.74, 6) is -0.698. The molecule has 1 amide bonds. The van der Waals surface area contributed by atoms with Gasteiger partial charge in [-0.05, 0) is 37.6 Å². The smallest absolute Gasteiger partial charge is 0.255 e. The van der Waals surface area contributed by atoms with Gasteiger partial charge >= 0.3 is 0 Å². The number of halogens is 2. The van der Waals surface area contributed by atoms with Crippen molar-refractivity contribution in [3.63, 3.8) is 0 Å². The molecule has 1 heterocycles. The summed E-state index contributed by atoms with van der Waals surface area (Å²) in [7, 11) is -2.34. The van der Waals surface area contributed by atoms with Crippen molar-refractivity contribution >= 4 is 39.9 Å². The highest BCUT2D eigenvalue weighted by Crippen LogP contribution is 2.28. The third kappa shape index (κ3) is 5.97. The standard InChI is InChI=1S/C15H22ClN3O5S.ClH/c1-23-10-15(5-2-6-18-15)9-19-25(21,22)13-7-11(16)3-4-12(13)24-8-14(17)20;/h3-4,7,18-19H,2,5-6,8-10H2,1H3,(H2,17,20);1H. The number of amides is 1. The van der Waals surface area contributed by atoms with E-state index in [0.29, 0.717) is 6.61 Å². The molecule has 1 fully saturated rings. The molecule has 4 N–H and O–H groups in total. The largest absolute Gasteiger partial charge is 0.482 e. The number of nitrogens with two attached hydrogens (primary N) is 1. The van der Waals surface area contributed by atoms with Crippen LogP contribution in [-0.2, 0) is 19.6 Å². The molecule has 0 radical (unpaired) electrons. The minimum atomic E-state index is -3.91. The number of methoxy groups -OCH3 is 1. The van der Waals surface area contributed by atoms with Crippen LogP contribution in [0.15, 0.2) is 23.1 Å². The molecule has 1 atom stereocenters. The molecule has 1 unspecified atom stereocenters. The monoisotopic (exact) mass is 427 g/mol. The number of carbonyl (C=O) groups is 1. The number of hydrogen-bond donors (Lipinski definition) is 3. The van der Waals surface area contributed by atoms with Crippen LogP contribution in [0.25, 0.3) is 0 Å². The zero-order chi connectivity index (χ0) is 18.5. The predicted octanol–water partition coefficient (Wildman–Crippen LogP) is 0.673. The topological polar surface area (TPSA) is 120 Å². The van der Waals surface area contributed by atoms with Crippen molar-refractivity contribution in [1.82, 2.24) is 10.0 Å². The number of benzene rings is 1. The fourth-order valence-corrected chi connectivity index (χ4v) is 4.27. The highest BCUT2D eigenvalue weighted by Gasteiger charge is 2.35. The van der Waals surface area contributed by atoms with Crippen molar-refractivity contribution in [1.29, 1.82) is 0 Å². The lowest BCUT2D eigenvalue weighted by Crippen LogP contribution is -2.52. The maximum atomic E-state index is 12.7. The SMILES string of the molecule is COCC1(CNS(=O)(=O)c2cc(Cl)ccc2OCC(N)=O)CCCN1.Cl. The van der Waals surface area contributed by atoms with Gasteiger partial charge in [-0.2, -0.15) is 0 Å². The average Bonchev–Trinajstić information content (AvgIpc) is 3.01. The van der Waals surface area contributed by atoms with Crippen molar-refractivity contribution in [3.8, 4) is 5.75 Å². The lowest BCUT2D eigenvalue weighted by atomic mass is 9.99. The second-order valence-electron chi connectivity index (χ2n) is 5.91. The average molecular weight is 428 g/mol. The Balaban J connectivity index is 0.00000338. The van der Waals surface area contributed by atoms with E-state index in [4.69, 9.17) is 26.8 Å². The zero-order valence-corrected chi connectivity index (χ0v) is 16.7. The number of primary amides is 1. The van der Waals surface area contributed by atoms with E-state index < -0.39 is 28.1 Å². The first-order chi connectivity index (χ1) is 11.8. The van der Waals surface area contributed by atoms with Gasteiger partial charge in [-0.3, -0.25) is 4.79 Å². The van der Waals surface area contributed by atoms with Crippen LogP contribution in [0.2, 0.25) is 5.02 Å². The van der Waals surface area contributed by atoms with E-state index in [1.54, 1.807) is 7.11 Å². The molecule has 1 aromatic carbocycles. The van der Waals surface area contributed by atoms with E-state index in [1.165, 1.54) is 18.2 Å². The van der Waals surface area contributed by atoms with Gasteiger partial charge in [-0.1, -0.05) is 11.6 Å². The van der Waals surface area contributed by atoms with Crippen molar-refractivity contribution in [3.05, 3.63) is 23.2 Å². The molecule has 1 aliphatic rings. The number of hydrogen-bond acceptors (Lipinski definition) is 6. The molecule has 1 aliphatic heterocycles. The van der Waals surface area contributed by atoms with Gasteiger partial charge in [-0.25, -0.2) is 13.1 Å². The number of ether oxygens (including phenoxy) is 2. The maximum Gasteiger partial charge on any atom is 0.255 e. The molecule has 8 nitrogen and oxygen atoms in total. The van der Waals surface area contributed by atoms with Crippen LogP contribution >= 0.6 is 24.0 Å². The molecule has 148 valence electrons. The van der Waals surface area contributed by atoms with Gasteiger partial charge in [0, 0.05) is 18.7 Å². The lowest BCUT2D eigenvalue weighted by Gasteiger charge is -2.29.